The SMILES string of the molecule is Cc1cc(C)c(NCCNc2ccccc2[N+](=O)[O-])c(C)c1. The fourth-order valence-corrected chi connectivity index (χ4v) is 2.63. The molecule has 2 aromatic carbocycles. The van der Waals surface area contributed by atoms with Gasteiger partial charge in [-0.2, -0.15) is 0 Å². The molecule has 0 atom stereocenters. The zero-order chi connectivity index (χ0) is 16.1. The van der Waals surface area contributed by atoms with E-state index in [2.05, 4.69) is 43.5 Å². The summed E-state index contributed by atoms with van der Waals surface area (Å²) in [7, 11) is 0. The number of nitrogens with zero attached hydrogens (tertiary/aromatic N) is 1. The fourth-order valence-electron chi connectivity index (χ4n) is 2.63. The normalized spacial score (nSPS) is 10.3. The highest BCUT2D eigenvalue weighted by atomic mass is 16.6. The standard InChI is InChI=1S/C17H21N3O2/c1-12-10-13(2)17(14(3)11-12)19-9-8-18-15-6-4-5-7-16(15)20(21)22/h4-7,10-11,18-19H,8-9H2,1-3H3. The van der Waals surface area contributed by atoms with Gasteiger partial charge in [-0.05, 0) is 38.0 Å². The largest absolute Gasteiger partial charge is 0.383 e. The van der Waals surface area contributed by atoms with Crippen molar-refractivity contribution in [2.45, 2.75) is 20.8 Å². The number of rotatable bonds is 6. The fraction of sp³-hybridized carbons (Fsp3) is 0.294. The molecule has 0 aromatic heterocycles. The summed E-state index contributed by atoms with van der Waals surface area (Å²) in [6.45, 7) is 7.55. The van der Waals surface area contributed by atoms with Crippen LogP contribution in [-0.4, -0.2) is 18.0 Å². The number of nitro groups is 1. The summed E-state index contributed by atoms with van der Waals surface area (Å²) in [4.78, 5) is 10.6. The zero-order valence-electron chi connectivity index (χ0n) is 13.1. The molecule has 0 saturated heterocycles. The Bertz CT molecular complexity index is 660. The average molecular weight is 299 g/mol. The Balaban J connectivity index is 1.95. The molecule has 116 valence electrons. The Morgan fingerprint density at radius 2 is 1.59 bits per heavy atom. The van der Waals surface area contributed by atoms with Crippen LogP contribution in [0.1, 0.15) is 16.7 Å². The molecule has 2 aromatic rings. The van der Waals surface area contributed by atoms with Crippen LogP contribution in [0.25, 0.3) is 0 Å². The van der Waals surface area contributed by atoms with Crippen molar-refractivity contribution in [3.8, 4) is 0 Å². The van der Waals surface area contributed by atoms with Crippen LogP contribution in [0.2, 0.25) is 0 Å². The Morgan fingerprint density at radius 3 is 2.23 bits per heavy atom. The maximum atomic E-state index is 10.9. The average Bonchev–Trinajstić information content (AvgIpc) is 2.45. The second-order valence-electron chi connectivity index (χ2n) is 5.40. The maximum Gasteiger partial charge on any atom is 0.292 e. The topological polar surface area (TPSA) is 67.2 Å². The van der Waals surface area contributed by atoms with Crippen LogP contribution in [0, 0.1) is 30.9 Å². The second-order valence-corrected chi connectivity index (χ2v) is 5.40. The summed E-state index contributed by atoms with van der Waals surface area (Å²) in [6, 6.07) is 11.0. The molecule has 2 rings (SSSR count). The molecule has 0 spiro atoms. The third-order valence-electron chi connectivity index (χ3n) is 3.52. The van der Waals surface area contributed by atoms with E-state index in [0.29, 0.717) is 18.8 Å². The second kappa shape index (κ2) is 6.93. The highest BCUT2D eigenvalue weighted by molar-refractivity contribution is 5.61. The van der Waals surface area contributed by atoms with Crippen molar-refractivity contribution >= 4 is 17.1 Å². The van der Waals surface area contributed by atoms with Gasteiger partial charge in [-0.1, -0.05) is 29.8 Å². The minimum Gasteiger partial charge on any atom is -0.383 e. The number of benzene rings is 2. The van der Waals surface area contributed by atoms with Gasteiger partial charge in [-0.3, -0.25) is 10.1 Å². The zero-order valence-corrected chi connectivity index (χ0v) is 13.1. The highest BCUT2D eigenvalue weighted by Crippen LogP contribution is 2.23. The summed E-state index contributed by atoms with van der Waals surface area (Å²) in [5.74, 6) is 0. The number of hydrogen-bond acceptors (Lipinski definition) is 4. The lowest BCUT2D eigenvalue weighted by molar-refractivity contribution is -0.384. The monoisotopic (exact) mass is 299 g/mol. The summed E-state index contributed by atoms with van der Waals surface area (Å²) in [5.41, 5.74) is 5.46. The summed E-state index contributed by atoms with van der Waals surface area (Å²) in [5, 5.41) is 17.5. The number of aryl methyl sites for hydroxylation is 3. The van der Waals surface area contributed by atoms with Crippen LogP contribution < -0.4 is 10.6 Å². The molecular formula is C17H21N3O2. The van der Waals surface area contributed by atoms with Crippen LogP contribution >= 0.6 is 0 Å². The first-order chi connectivity index (χ1) is 10.5. The van der Waals surface area contributed by atoms with Gasteiger partial charge in [0.1, 0.15) is 5.69 Å². The van der Waals surface area contributed by atoms with E-state index in [1.54, 1.807) is 18.2 Å². The molecule has 0 aliphatic carbocycles. The van der Waals surface area contributed by atoms with Crippen LogP contribution in [0.15, 0.2) is 36.4 Å². The van der Waals surface area contributed by atoms with E-state index in [4.69, 9.17) is 0 Å². The van der Waals surface area contributed by atoms with Crippen molar-refractivity contribution in [1.29, 1.82) is 0 Å². The van der Waals surface area contributed by atoms with Gasteiger partial charge in [0.25, 0.3) is 5.69 Å². The lowest BCUT2D eigenvalue weighted by Crippen LogP contribution is -2.15. The van der Waals surface area contributed by atoms with Crippen LogP contribution in [0.3, 0.4) is 0 Å². The molecule has 0 saturated carbocycles. The number of nitrogens with one attached hydrogen (secondary N) is 2. The molecular weight excluding hydrogens is 278 g/mol. The van der Waals surface area contributed by atoms with Crippen molar-refractivity contribution in [2.24, 2.45) is 0 Å². The third-order valence-corrected chi connectivity index (χ3v) is 3.52. The Kier molecular flexibility index (Phi) is 4.99. The lowest BCUT2D eigenvalue weighted by atomic mass is 10.1. The first-order valence-corrected chi connectivity index (χ1v) is 7.28. The van der Waals surface area contributed by atoms with Crippen molar-refractivity contribution in [3.05, 3.63) is 63.2 Å². The molecule has 22 heavy (non-hydrogen) atoms. The molecule has 0 aliphatic rings. The Hall–Kier alpha value is -2.56. The minimum absolute atomic E-state index is 0.102. The molecule has 0 aliphatic heterocycles. The summed E-state index contributed by atoms with van der Waals surface area (Å²) < 4.78 is 0. The Morgan fingerprint density at radius 1 is 1.00 bits per heavy atom. The maximum absolute atomic E-state index is 10.9. The van der Waals surface area contributed by atoms with Gasteiger partial charge >= 0.3 is 0 Å². The molecule has 5 nitrogen and oxygen atoms in total. The molecule has 0 bridgehead atoms. The van der Waals surface area contributed by atoms with Gasteiger partial charge in [-0.25, -0.2) is 0 Å². The van der Waals surface area contributed by atoms with E-state index in [-0.39, 0.29) is 10.6 Å². The lowest BCUT2D eigenvalue weighted by Gasteiger charge is -2.14. The van der Waals surface area contributed by atoms with E-state index in [0.717, 1.165) is 5.69 Å². The molecule has 2 N–H and O–H groups in total. The van der Waals surface area contributed by atoms with Gasteiger partial charge in [0.2, 0.25) is 0 Å². The van der Waals surface area contributed by atoms with E-state index >= 15 is 0 Å². The molecule has 0 unspecified atom stereocenters. The van der Waals surface area contributed by atoms with Gasteiger partial charge in [0, 0.05) is 24.8 Å². The summed E-state index contributed by atoms with van der Waals surface area (Å²) in [6.07, 6.45) is 0. The molecule has 0 amide bonds. The number of nitro benzene ring substituents is 1. The van der Waals surface area contributed by atoms with E-state index in [1.165, 1.54) is 22.8 Å². The quantitative estimate of drug-likeness (QED) is 0.480. The molecule has 0 radical (unpaired) electrons. The smallest absolute Gasteiger partial charge is 0.292 e. The van der Waals surface area contributed by atoms with Gasteiger partial charge in [0.15, 0.2) is 0 Å². The number of anilines is 2. The predicted molar refractivity (Wildman–Crippen MR) is 90.7 cm³/mol. The first-order valence-electron chi connectivity index (χ1n) is 7.28. The van der Waals surface area contributed by atoms with E-state index in [1.807, 2.05) is 0 Å². The van der Waals surface area contributed by atoms with Gasteiger partial charge < -0.3 is 10.6 Å². The van der Waals surface area contributed by atoms with Gasteiger partial charge in [0.05, 0.1) is 4.92 Å². The molecule has 0 heterocycles. The van der Waals surface area contributed by atoms with Crippen LogP contribution in [-0.2, 0) is 0 Å². The molecule has 0 fully saturated rings. The Labute approximate surface area is 130 Å². The highest BCUT2D eigenvalue weighted by Gasteiger charge is 2.11. The first kappa shape index (κ1) is 15.8. The summed E-state index contributed by atoms with van der Waals surface area (Å²) >= 11 is 0. The van der Waals surface area contributed by atoms with Crippen LogP contribution in [0.4, 0.5) is 17.1 Å². The van der Waals surface area contributed by atoms with E-state index < -0.39 is 0 Å². The van der Waals surface area contributed by atoms with Crippen molar-refractivity contribution in [3.63, 3.8) is 0 Å². The number of para-hydroxylation sites is 2. The minimum atomic E-state index is -0.371. The predicted octanol–water partition coefficient (Wildman–Crippen LogP) is 4.04. The third kappa shape index (κ3) is 3.75. The molecule has 5 heteroatoms. The van der Waals surface area contributed by atoms with Crippen LogP contribution in [0.5, 0.6) is 0 Å². The van der Waals surface area contributed by atoms with Crippen molar-refractivity contribution in [1.82, 2.24) is 0 Å². The van der Waals surface area contributed by atoms with Gasteiger partial charge in [-0.15, -0.1) is 0 Å². The van der Waals surface area contributed by atoms with Crippen molar-refractivity contribution < 1.29 is 4.92 Å². The number of hydrogen-bond donors (Lipinski definition) is 2. The van der Waals surface area contributed by atoms with E-state index in [9.17, 15) is 10.1 Å². The van der Waals surface area contributed by atoms with Crippen molar-refractivity contribution in [2.75, 3.05) is 23.7 Å².